The third kappa shape index (κ3) is 5.09. The van der Waals surface area contributed by atoms with E-state index in [1.54, 1.807) is 18.2 Å². The number of nitrogens with one attached hydrogen (secondary N) is 1. The number of rotatable bonds is 5. The number of nitrogens with two attached hydrogens (primary N) is 1. The average Bonchev–Trinajstić information content (AvgIpc) is 2.84. The van der Waals surface area contributed by atoms with Crippen molar-refractivity contribution in [3.63, 3.8) is 0 Å². The third-order valence-corrected chi connectivity index (χ3v) is 3.99. The van der Waals surface area contributed by atoms with Crippen LogP contribution in [0, 0.1) is 0 Å². The average molecular weight is 317 g/mol. The first-order valence-corrected chi connectivity index (χ1v) is 8.04. The van der Waals surface area contributed by atoms with Crippen molar-refractivity contribution in [2.75, 3.05) is 19.6 Å². The number of primary amides is 1. The zero-order valence-corrected chi connectivity index (χ0v) is 13.2. The van der Waals surface area contributed by atoms with Gasteiger partial charge in [-0.1, -0.05) is 18.9 Å². The van der Waals surface area contributed by atoms with Crippen molar-refractivity contribution >= 4 is 17.7 Å². The highest BCUT2D eigenvalue weighted by molar-refractivity contribution is 5.99. The van der Waals surface area contributed by atoms with Crippen molar-refractivity contribution in [2.45, 2.75) is 32.1 Å². The van der Waals surface area contributed by atoms with Crippen LogP contribution >= 0.6 is 0 Å². The van der Waals surface area contributed by atoms with E-state index in [0.717, 1.165) is 25.9 Å². The van der Waals surface area contributed by atoms with Gasteiger partial charge in [0.15, 0.2) is 0 Å². The van der Waals surface area contributed by atoms with Crippen molar-refractivity contribution < 1.29 is 14.4 Å². The number of carbonyl (C=O) groups excluding carboxylic acids is 3. The van der Waals surface area contributed by atoms with Crippen molar-refractivity contribution in [1.82, 2.24) is 10.2 Å². The van der Waals surface area contributed by atoms with Gasteiger partial charge in [-0.15, -0.1) is 0 Å². The fourth-order valence-corrected chi connectivity index (χ4v) is 2.68. The number of benzene rings is 1. The van der Waals surface area contributed by atoms with Gasteiger partial charge in [-0.3, -0.25) is 14.4 Å². The van der Waals surface area contributed by atoms with Crippen LogP contribution in [0.25, 0.3) is 0 Å². The molecule has 0 aliphatic carbocycles. The maximum atomic E-state index is 12.1. The summed E-state index contributed by atoms with van der Waals surface area (Å²) >= 11 is 0. The highest BCUT2D eigenvalue weighted by atomic mass is 16.2. The molecule has 3 N–H and O–H groups in total. The first-order chi connectivity index (χ1) is 11.1. The Hall–Kier alpha value is -2.37. The second-order valence-electron chi connectivity index (χ2n) is 5.75. The summed E-state index contributed by atoms with van der Waals surface area (Å²) in [6, 6.07) is 6.23. The molecule has 0 saturated carbocycles. The summed E-state index contributed by atoms with van der Waals surface area (Å²) in [6.45, 7) is 1.91. The standard InChI is InChI=1S/C17H23N3O3/c18-16(22)13-6-5-7-14(12-13)17(23)19-9-8-15(21)20-10-3-1-2-4-11-20/h5-7,12H,1-4,8-11H2,(H2,18,22)(H,19,23). The molecule has 1 aliphatic heterocycles. The topological polar surface area (TPSA) is 92.5 Å². The predicted molar refractivity (Wildman–Crippen MR) is 87.0 cm³/mol. The van der Waals surface area contributed by atoms with E-state index in [0.29, 0.717) is 17.5 Å². The molecule has 1 heterocycles. The van der Waals surface area contributed by atoms with Crippen LogP contribution in [0.3, 0.4) is 0 Å². The number of hydrogen-bond acceptors (Lipinski definition) is 3. The molecule has 0 aromatic heterocycles. The van der Waals surface area contributed by atoms with E-state index in [-0.39, 0.29) is 18.4 Å². The van der Waals surface area contributed by atoms with Crippen molar-refractivity contribution in [3.8, 4) is 0 Å². The van der Waals surface area contributed by atoms with Crippen LogP contribution in [-0.2, 0) is 4.79 Å². The molecule has 0 spiro atoms. The molecule has 1 saturated heterocycles. The molecule has 6 heteroatoms. The van der Waals surface area contributed by atoms with Crippen LogP contribution in [-0.4, -0.2) is 42.3 Å². The van der Waals surface area contributed by atoms with E-state index < -0.39 is 5.91 Å². The van der Waals surface area contributed by atoms with E-state index in [1.165, 1.54) is 18.9 Å². The Kier molecular flexibility index (Phi) is 6.14. The molecule has 0 bridgehead atoms. The Morgan fingerprint density at radius 1 is 1.04 bits per heavy atom. The van der Waals surface area contributed by atoms with Gasteiger partial charge in [-0.2, -0.15) is 0 Å². The van der Waals surface area contributed by atoms with E-state index in [9.17, 15) is 14.4 Å². The molecule has 23 heavy (non-hydrogen) atoms. The summed E-state index contributed by atoms with van der Waals surface area (Å²) in [6.07, 6.45) is 4.75. The Morgan fingerprint density at radius 3 is 2.35 bits per heavy atom. The van der Waals surface area contributed by atoms with Crippen LogP contribution < -0.4 is 11.1 Å². The molecule has 0 unspecified atom stereocenters. The van der Waals surface area contributed by atoms with Gasteiger partial charge in [0.1, 0.15) is 0 Å². The van der Waals surface area contributed by atoms with Gasteiger partial charge in [0.2, 0.25) is 11.8 Å². The van der Waals surface area contributed by atoms with Gasteiger partial charge in [0, 0.05) is 37.2 Å². The smallest absolute Gasteiger partial charge is 0.251 e. The molecular formula is C17H23N3O3. The molecule has 1 aromatic carbocycles. The van der Waals surface area contributed by atoms with E-state index in [1.807, 2.05) is 4.90 Å². The molecule has 1 aromatic rings. The molecule has 2 rings (SSSR count). The summed E-state index contributed by atoms with van der Waals surface area (Å²) in [5.74, 6) is -0.800. The van der Waals surface area contributed by atoms with E-state index in [4.69, 9.17) is 5.73 Å². The van der Waals surface area contributed by atoms with Gasteiger partial charge in [-0.05, 0) is 31.0 Å². The van der Waals surface area contributed by atoms with Gasteiger partial charge in [0.05, 0.1) is 0 Å². The van der Waals surface area contributed by atoms with Crippen LogP contribution in [0.4, 0.5) is 0 Å². The molecule has 1 aliphatic rings. The van der Waals surface area contributed by atoms with Gasteiger partial charge in [-0.25, -0.2) is 0 Å². The van der Waals surface area contributed by atoms with E-state index in [2.05, 4.69) is 5.32 Å². The Bertz CT molecular complexity index is 578. The van der Waals surface area contributed by atoms with Crippen molar-refractivity contribution in [1.29, 1.82) is 0 Å². The number of likely N-dealkylation sites (tertiary alicyclic amines) is 1. The lowest BCUT2D eigenvalue weighted by atomic mass is 10.1. The number of nitrogens with zero attached hydrogens (tertiary/aromatic N) is 1. The molecule has 0 radical (unpaired) electrons. The lowest BCUT2D eigenvalue weighted by Gasteiger charge is -2.20. The molecule has 1 fully saturated rings. The second kappa shape index (κ2) is 8.31. The minimum atomic E-state index is -0.573. The van der Waals surface area contributed by atoms with Crippen LogP contribution in [0.5, 0.6) is 0 Å². The fraction of sp³-hybridized carbons (Fsp3) is 0.471. The molecule has 124 valence electrons. The molecule has 3 amide bonds. The lowest BCUT2D eigenvalue weighted by Crippen LogP contribution is -2.35. The van der Waals surface area contributed by atoms with Crippen molar-refractivity contribution in [3.05, 3.63) is 35.4 Å². The Labute approximate surface area is 136 Å². The van der Waals surface area contributed by atoms with Gasteiger partial charge >= 0.3 is 0 Å². The SMILES string of the molecule is NC(=O)c1cccc(C(=O)NCCC(=O)N2CCCCCC2)c1. The summed E-state index contributed by atoms with van der Waals surface area (Å²) < 4.78 is 0. The minimum Gasteiger partial charge on any atom is -0.366 e. The summed E-state index contributed by atoms with van der Waals surface area (Å²) in [4.78, 5) is 37.2. The predicted octanol–water partition coefficient (Wildman–Crippen LogP) is 1.31. The largest absolute Gasteiger partial charge is 0.366 e. The zero-order chi connectivity index (χ0) is 16.7. The Balaban J connectivity index is 1.81. The minimum absolute atomic E-state index is 0.0816. The van der Waals surface area contributed by atoms with Crippen LogP contribution in [0.15, 0.2) is 24.3 Å². The normalized spacial score (nSPS) is 14.9. The Morgan fingerprint density at radius 2 is 1.70 bits per heavy atom. The summed E-state index contributed by atoms with van der Waals surface area (Å²) in [7, 11) is 0. The van der Waals surface area contributed by atoms with Crippen LogP contribution in [0.1, 0.15) is 52.8 Å². The summed E-state index contributed by atoms with van der Waals surface area (Å²) in [5.41, 5.74) is 5.85. The molecule has 0 atom stereocenters. The van der Waals surface area contributed by atoms with Crippen molar-refractivity contribution in [2.24, 2.45) is 5.73 Å². The highest BCUT2D eigenvalue weighted by Crippen LogP contribution is 2.10. The highest BCUT2D eigenvalue weighted by Gasteiger charge is 2.15. The maximum Gasteiger partial charge on any atom is 0.251 e. The second-order valence-corrected chi connectivity index (χ2v) is 5.75. The lowest BCUT2D eigenvalue weighted by molar-refractivity contribution is -0.131. The first kappa shape index (κ1) is 17.0. The maximum absolute atomic E-state index is 12.1. The third-order valence-electron chi connectivity index (χ3n) is 3.99. The summed E-state index contributed by atoms with van der Waals surface area (Å²) in [5, 5.41) is 2.71. The molecular weight excluding hydrogens is 294 g/mol. The monoisotopic (exact) mass is 317 g/mol. The number of hydrogen-bond donors (Lipinski definition) is 2. The van der Waals surface area contributed by atoms with Gasteiger partial charge in [0.25, 0.3) is 5.91 Å². The fourth-order valence-electron chi connectivity index (χ4n) is 2.68. The number of amides is 3. The zero-order valence-electron chi connectivity index (χ0n) is 13.2. The first-order valence-electron chi connectivity index (χ1n) is 8.04. The van der Waals surface area contributed by atoms with Crippen LogP contribution in [0.2, 0.25) is 0 Å². The molecule has 6 nitrogen and oxygen atoms in total. The quantitative estimate of drug-likeness (QED) is 0.857. The number of carbonyl (C=O) groups is 3. The van der Waals surface area contributed by atoms with E-state index >= 15 is 0 Å². The van der Waals surface area contributed by atoms with Gasteiger partial charge < -0.3 is 16.0 Å².